The number of aromatic nitrogens is 1. The predicted octanol–water partition coefficient (Wildman–Crippen LogP) is 6.45. The molecule has 5 heteroatoms. The second-order valence-electron chi connectivity index (χ2n) is 6.60. The first-order chi connectivity index (χ1) is 14.7. The largest absolute Gasteiger partial charge is 0.497 e. The molecule has 30 heavy (non-hydrogen) atoms. The number of hydrogen-bond donors (Lipinski definition) is 0. The van der Waals surface area contributed by atoms with Gasteiger partial charge in [-0.3, -0.25) is 0 Å². The Bertz CT molecular complexity index is 966. The molecule has 4 nitrogen and oxygen atoms in total. The van der Waals surface area contributed by atoms with Gasteiger partial charge in [0.25, 0.3) is 11.3 Å². The van der Waals surface area contributed by atoms with E-state index in [1.54, 1.807) is 32.7 Å². The molecule has 0 bridgehead atoms. The van der Waals surface area contributed by atoms with Crippen molar-refractivity contribution in [3.63, 3.8) is 0 Å². The second kappa shape index (κ2) is 8.93. The van der Waals surface area contributed by atoms with Crippen molar-refractivity contribution >= 4 is 11.3 Å². The predicted molar refractivity (Wildman–Crippen MR) is 122 cm³/mol. The van der Waals surface area contributed by atoms with Crippen molar-refractivity contribution in [3.8, 4) is 49.5 Å². The lowest BCUT2D eigenvalue weighted by atomic mass is 10.1. The lowest BCUT2D eigenvalue weighted by Crippen LogP contribution is -1.90. The molecule has 4 rings (SSSR count). The smallest absolute Gasteiger partial charge is 0.331 e. The highest BCUT2D eigenvalue weighted by atomic mass is 32.1. The Kier molecular flexibility index (Phi) is 5.91. The first-order valence-corrected chi connectivity index (χ1v) is 10.3. The fraction of sp³-hybridized carbons (Fsp3) is 0.120. The summed E-state index contributed by atoms with van der Waals surface area (Å²) in [5.41, 5.74) is 4.11. The molecule has 0 radical (unpaired) electrons. The fourth-order valence-electron chi connectivity index (χ4n) is 3.09. The van der Waals surface area contributed by atoms with E-state index in [1.807, 2.05) is 60.7 Å². The molecule has 1 heterocycles. The summed E-state index contributed by atoms with van der Waals surface area (Å²) in [5, 5.41) is 0.941. The van der Waals surface area contributed by atoms with E-state index in [-0.39, 0.29) is 0 Å². The Hall–Kier alpha value is -3.44. The molecule has 0 aliphatic heterocycles. The monoisotopic (exact) mass is 416 g/mol. The summed E-state index contributed by atoms with van der Waals surface area (Å²) >= 11 is 1.65. The molecule has 0 N–H and O–H groups in total. The molecule has 150 valence electrons. The van der Waals surface area contributed by atoms with Gasteiger partial charge in [0, 0.05) is 17.2 Å². The van der Waals surface area contributed by atoms with Crippen molar-refractivity contribution in [1.29, 1.82) is 0 Å². The standard InChI is InChI=1S/C25H22NO3S/c1-27-20-10-4-17(5-11-20)23-16-24(18-6-12-21(28-2)13-7-18)30-25(26-23)19-8-14-22(29-3)15-9-19/h4-16H,1-3H3/q+1. The molecule has 0 fully saturated rings. The summed E-state index contributed by atoms with van der Waals surface area (Å²) in [6.45, 7) is 0. The lowest BCUT2D eigenvalue weighted by Gasteiger charge is -2.05. The van der Waals surface area contributed by atoms with Gasteiger partial charge in [-0.05, 0) is 72.8 Å². The number of ether oxygens (including phenoxy) is 3. The number of nitrogens with zero attached hydrogens (tertiary/aromatic N) is 1. The summed E-state index contributed by atoms with van der Waals surface area (Å²) in [4.78, 5) is 6.09. The summed E-state index contributed by atoms with van der Waals surface area (Å²) < 4.78 is 15.9. The van der Waals surface area contributed by atoms with Gasteiger partial charge >= 0.3 is 5.01 Å². The minimum Gasteiger partial charge on any atom is -0.497 e. The molecular weight excluding hydrogens is 394 g/mol. The van der Waals surface area contributed by atoms with Crippen molar-refractivity contribution < 1.29 is 14.2 Å². The van der Waals surface area contributed by atoms with Gasteiger partial charge < -0.3 is 14.2 Å². The van der Waals surface area contributed by atoms with Crippen LogP contribution in [0.1, 0.15) is 0 Å². The average Bonchev–Trinajstić information content (AvgIpc) is 2.84. The van der Waals surface area contributed by atoms with E-state index in [0.717, 1.165) is 49.5 Å². The average molecular weight is 417 g/mol. The van der Waals surface area contributed by atoms with E-state index in [4.69, 9.17) is 19.2 Å². The first kappa shape index (κ1) is 19.9. The van der Waals surface area contributed by atoms with Crippen LogP contribution in [0.25, 0.3) is 32.3 Å². The number of hydrogen-bond acceptors (Lipinski definition) is 4. The Balaban J connectivity index is 1.83. The van der Waals surface area contributed by atoms with Crippen LogP contribution >= 0.6 is 11.3 Å². The SMILES string of the molecule is COc1ccc(-c2cc(-c3ccc(OC)cc3)[s+]c(-c3ccc(OC)cc3)n2)cc1. The van der Waals surface area contributed by atoms with Gasteiger partial charge in [-0.1, -0.05) is 0 Å². The van der Waals surface area contributed by atoms with Crippen LogP contribution in [0, 0.1) is 0 Å². The molecular formula is C25H22NO3S+. The Morgan fingerprint density at radius 1 is 0.567 bits per heavy atom. The van der Waals surface area contributed by atoms with Crippen LogP contribution in [0.2, 0.25) is 0 Å². The summed E-state index contributed by atoms with van der Waals surface area (Å²) in [5.74, 6) is 2.48. The molecule has 0 unspecified atom stereocenters. The molecule has 0 saturated carbocycles. The molecule has 4 aromatic rings. The van der Waals surface area contributed by atoms with Crippen LogP contribution in [0.15, 0.2) is 78.9 Å². The first-order valence-electron chi connectivity index (χ1n) is 9.48. The maximum atomic E-state index is 5.30. The highest BCUT2D eigenvalue weighted by molar-refractivity contribution is 7.18. The Labute approximate surface area is 180 Å². The van der Waals surface area contributed by atoms with Gasteiger partial charge in [0.1, 0.15) is 17.2 Å². The van der Waals surface area contributed by atoms with E-state index < -0.39 is 0 Å². The maximum absolute atomic E-state index is 5.30. The van der Waals surface area contributed by atoms with Crippen LogP contribution in [-0.2, 0) is 0 Å². The minimum absolute atomic E-state index is 0.822. The maximum Gasteiger partial charge on any atom is 0.331 e. The third kappa shape index (κ3) is 4.26. The quantitative estimate of drug-likeness (QED) is 0.339. The Morgan fingerprint density at radius 3 is 1.47 bits per heavy atom. The molecule has 1 aromatic heterocycles. The highest BCUT2D eigenvalue weighted by Crippen LogP contribution is 2.36. The summed E-state index contributed by atoms with van der Waals surface area (Å²) in [6, 6.07) is 26.2. The van der Waals surface area contributed by atoms with Crippen LogP contribution in [0.3, 0.4) is 0 Å². The molecule has 0 atom stereocenters. The normalized spacial score (nSPS) is 10.5. The van der Waals surface area contributed by atoms with E-state index >= 15 is 0 Å². The molecule has 0 spiro atoms. The van der Waals surface area contributed by atoms with Crippen molar-refractivity contribution in [1.82, 2.24) is 4.98 Å². The van der Waals surface area contributed by atoms with Gasteiger partial charge in [-0.25, -0.2) is 0 Å². The number of benzene rings is 3. The second-order valence-corrected chi connectivity index (χ2v) is 7.63. The van der Waals surface area contributed by atoms with Crippen LogP contribution in [0.4, 0.5) is 0 Å². The van der Waals surface area contributed by atoms with E-state index in [1.165, 1.54) is 0 Å². The van der Waals surface area contributed by atoms with Gasteiger partial charge in [0.2, 0.25) is 4.88 Å². The van der Waals surface area contributed by atoms with Crippen LogP contribution in [-0.4, -0.2) is 26.3 Å². The summed E-state index contributed by atoms with van der Waals surface area (Å²) in [7, 11) is 5.01. The van der Waals surface area contributed by atoms with Crippen molar-refractivity contribution in [2.75, 3.05) is 21.3 Å². The minimum atomic E-state index is 0.822. The zero-order chi connectivity index (χ0) is 20.9. The molecule has 0 aliphatic rings. The lowest BCUT2D eigenvalue weighted by molar-refractivity contribution is 0.415. The van der Waals surface area contributed by atoms with Gasteiger partial charge in [0.05, 0.1) is 32.6 Å². The van der Waals surface area contributed by atoms with Gasteiger partial charge in [-0.2, -0.15) is 4.98 Å². The zero-order valence-corrected chi connectivity index (χ0v) is 17.9. The van der Waals surface area contributed by atoms with Gasteiger partial charge in [-0.15, -0.1) is 0 Å². The fourth-order valence-corrected chi connectivity index (χ4v) is 4.12. The van der Waals surface area contributed by atoms with Gasteiger partial charge in [0.15, 0.2) is 0 Å². The van der Waals surface area contributed by atoms with Crippen LogP contribution in [0.5, 0.6) is 17.2 Å². The van der Waals surface area contributed by atoms with Crippen molar-refractivity contribution in [2.24, 2.45) is 0 Å². The third-order valence-electron chi connectivity index (χ3n) is 4.79. The van der Waals surface area contributed by atoms with Crippen molar-refractivity contribution in [3.05, 3.63) is 78.9 Å². The van der Waals surface area contributed by atoms with Crippen molar-refractivity contribution in [2.45, 2.75) is 0 Å². The third-order valence-corrected chi connectivity index (χ3v) is 5.89. The topological polar surface area (TPSA) is 40.6 Å². The highest BCUT2D eigenvalue weighted by Gasteiger charge is 2.21. The van der Waals surface area contributed by atoms with E-state index in [2.05, 4.69) is 18.2 Å². The molecule has 0 aliphatic carbocycles. The van der Waals surface area contributed by atoms with E-state index in [9.17, 15) is 0 Å². The van der Waals surface area contributed by atoms with Crippen LogP contribution < -0.4 is 14.2 Å². The Morgan fingerprint density at radius 2 is 1.00 bits per heavy atom. The summed E-state index contributed by atoms with van der Waals surface area (Å²) in [6.07, 6.45) is 0. The number of rotatable bonds is 6. The van der Waals surface area contributed by atoms with E-state index in [0.29, 0.717) is 0 Å². The molecule has 0 saturated heterocycles. The number of methoxy groups -OCH3 is 3. The molecule has 3 aromatic carbocycles. The zero-order valence-electron chi connectivity index (χ0n) is 17.1. The molecule has 0 amide bonds.